The molecule has 0 rings (SSSR count). The van der Waals surface area contributed by atoms with Gasteiger partial charge < -0.3 is 9.05 Å². The van der Waals surface area contributed by atoms with Crippen LogP contribution >= 0.6 is 6.64 Å². The highest BCUT2D eigenvalue weighted by Crippen LogP contribution is 2.55. The highest BCUT2D eigenvalue weighted by Gasteiger charge is 2.41. The van der Waals surface area contributed by atoms with Gasteiger partial charge in [0, 0.05) is 20.1 Å². The smallest absolute Gasteiger partial charge is 0.289 e. The molecule has 18 heavy (non-hydrogen) atoms. The van der Waals surface area contributed by atoms with Crippen LogP contribution in [-0.2, 0) is 31.1 Å². The summed E-state index contributed by atoms with van der Waals surface area (Å²) in [4.78, 5) is 0. The zero-order valence-corrected chi connectivity index (χ0v) is 14.3. The average Bonchev–Trinajstić information content (AvgIpc) is 2.16. The number of rotatable bonds is 8. The molecule has 0 bridgehead atoms. The second-order valence-corrected chi connectivity index (χ2v) is 9.52. The van der Waals surface area contributed by atoms with Crippen LogP contribution in [0.25, 0.3) is 0 Å². The maximum absolute atomic E-state index is 12.3. The molecule has 0 unspecified atom stereocenters. The molecule has 0 spiro atoms. The van der Waals surface area contributed by atoms with Crippen molar-refractivity contribution in [3.63, 3.8) is 0 Å². The summed E-state index contributed by atoms with van der Waals surface area (Å²) in [6, 6.07) is -0.332. The van der Waals surface area contributed by atoms with Gasteiger partial charge in [0.05, 0.1) is 13.2 Å². The lowest BCUT2D eigenvalue weighted by atomic mass is 10.4. The second kappa shape index (κ2) is 7.28. The molecule has 0 radical (unpaired) electrons. The second-order valence-electron chi connectivity index (χ2n) is 3.96. The van der Waals surface area contributed by atoms with E-state index >= 15 is 0 Å². The largest absolute Gasteiger partial charge is 0.317 e. The summed E-state index contributed by atoms with van der Waals surface area (Å²) in [5.41, 5.74) is 0. The van der Waals surface area contributed by atoms with Crippen LogP contribution in [0.5, 0.6) is 0 Å². The van der Waals surface area contributed by atoms with E-state index < -0.39 is 16.9 Å². The van der Waals surface area contributed by atoms with E-state index in [2.05, 4.69) is 0 Å². The maximum Gasteiger partial charge on any atom is 0.289 e. The Hall–Kier alpha value is 0.440. The van der Waals surface area contributed by atoms with Gasteiger partial charge in [-0.05, 0) is 39.5 Å². The van der Waals surface area contributed by atoms with Gasteiger partial charge in [-0.15, -0.1) is 4.08 Å². The Bertz CT molecular complexity index is 387. The van der Waals surface area contributed by atoms with Crippen molar-refractivity contribution in [2.75, 3.05) is 27.3 Å². The third-order valence-corrected chi connectivity index (χ3v) is 8.63. The van der Waals surface area contributed by atoms with E-state index in [0.29, 0.717) is 13.2 Å². The summed E-state index contributed by atoms with van der Waals surface area (Å²) in [6.07, 6.45) is 0. The third-order valence-electron chi connectivity index (χ3n) is 1.97. The SMILES string of the molecule is CCOP(=S)(OCC)N(C(C)C)S(=O)(=O)N(C)C. The van der Waals surface area contributed by atoms with Gasteiger partial charge in [0.15, 0.2) is 0 Å². The minimum absolute atomic E-state index is 0.309. The molecule has 0 N–H and O–H groups in total. The van der Waals surface area contributed by atoms with Crippen molar-refractivity contribution in [3.05, 3.63) is 0 Å². The van der Waals surface area contributed by atoms with Gasteiger partial charge in [-0.2, -0.15) is 12.7 Å². The van der Waals surface area contributed by atoms with E-state index in [4.69, 9.17) is 20.9 Å². The van der Waals surface area contributed by atoms with Crippen LogP contribution in [0.2, 0.25) is 0 Å². The molecule has 0 aromatic carbocycles. The quantitative estimate of drug-likeness (QED) is 0.639. The predicted molar refractivity (Wildman–Crippen MR) is 77.1 cm³/mol. The zero-order valence-electron chi connectivity index (χ0n) is 11.8. The molecule has 6 nitrogen and oxygen atoms in total. The molecule has 110 valence electrons. The molecule has 0 aliphatic carbocycles. The Balaban J connectivity index is 5.66. The number of hydrogen-bond donors (Lipinski definition) is 0. The standard InChI is InChI=1S/C9H23N2O4PS2/c1-7-14-16(17,15-8-2)11(9(3)4)18(12,13)10(5)6/h9H,7-8H2,1-6H3. The summed E-state index contributed by atoms with van der Waals surface area (Å²) in [5.74, 6) is 0. The van der Waals surface area contributed by atoms with E-state index in [1.807, 2.05) is 0 Å². The molecule has 0 aliphatic heterocycles. The van der Waals surface area contributed by atoms with E-state index in [0.717, 1.165) is 4.31 Å². The van der Waals surface area contributed by atoms with Gasteiger partial charge in [0.25, 0.3) is 16.9 Å². The number of hydrogen-bond acceptors (Lipinski definition) is 5. The minimum Gasteiger partial charge on any atom is -0.317 e. The van der Waals surface area contributed by atoms with Crippen LogP contribution in [0, 0.1) is 0 Å². The average molecular weight is 318 g/mol. The Morgan fingerprint density at radius 2 is 1.56 bits per heavy atom. The molecule has 0 aliphatic rings. The molecule has 0 amide bonds. The topological polar surface area (TPSA) is 59.1 Å². The molecule has 0 aromatic heterocycles. The van der Waals surface area contributed by atoms with Crippen molar-refractivity contribution < 1.29 is 17.5 Å². The zero-order chi connectivity index (χ0) is 14.6. The van der Waals surface area contributed by atoms with Gasteiger partial charge in [-0.1, -0.05) is 0 Å². The van der Waals surface area contributed by atoms with Crippen molar-refractivity contribution in [1.82, 2.24) is 8.38 Å². The molecule has 0 saturated heterocycles. The highest BCUT2D eigenvalue weighted by atomic mass is 32.5. The lowest BCUT2D eigenvalue weighted by Crippen LogP contribution is -2.42. The Morgan fingerprint density at radius 3 is 1.78 bits per heavy atom. The first kappa shape index (κ1) is 18.4. The lowest BCUT2D eigenvalue weighted by molar-refractivity contribution is 0.229. The van der Waals surface area contributed by atoms with E-state index in [9.17, 15) is 8.42 Å². The van der Waals surface area contributed by atoms with Crippen molar-refractivity contribution in [2.24, 2.45) is 0 Å². The molecule has 0 fully saturated rings. The Labute approximate surface area is 116 Å². The van der Waals surface area contributed by atoms with Gasteiger partial charge in [-0.25, -0.2) is 0 Å². The number of nitrogens with zero attached hydrogens (tertiary/aromatic N) is 2. The third kappa shape index (κ3) is 4.23. The summed E-state index contributed by atoms with van der Waals surface area (Å²) in [6.45, 7) is 4.62. The fourth-order valence-corrected chi connectivity index (χ4v) is 7.40. The molecular formula is C9H23N2O4PS2. The van der Waals surface area contributed by atoms with Gasteiger partial charge in [0.1, 0.15) is 0 Å². The monoisotopic (exact) mass is 318 g/mol. The van der Waals surface area contributed by atoms with Crippen molar-refractivity contribution >= 4 is 28.7 Å². The molecule has 0 saturated carbocycles. The van der Waals surface area contributed by atoms with E-state index in [1.165, 1.54) is 18.2 Å². The van der Waals surface area contributed by atoms with E-state index in [-0.39, 0.29) is 6.04 Å². The van der Waals surface area contributed by atoms with Crippen molar-refractivity contribution in [1.29, 1.82) is 0 Å². The molecule has 0 aromatic rings. The van der Waals surface area contributed by atoms with Crippen LogP contribution in [0.3, 0.4) is 0 Å². The maximum atomic E-state index is 12.3. The first-order chi connectivity index (χ1) is 8.13. The fraction of sp³-hybridized carbons (Fsp3) is 1.00. The molecular weight excluding hydrogens is 295 g/mol. The van der Waals surface area contributed by atoms with E-state index in [1.54, 1.807) is 27.7 Å². The highest BCUT2D eigenvalue weighted by molar-refractivity contribution is 8.13. The van der Waals surface area contributed by atoms with Crippen molar-refractivity contribution in [3.8, 4) is 0 Å². The molecule has 0 atom stereocenters. The van der Waals surface area contributed by atoms with Gasteiger partial charge in [0.2, 0.25) is 0 Å². The van der Waals surface area contributed by atoms with Gasteiger partial charge >= 0.3 is 0 Å². The Morgan fingerprint density at radius 1 is 1.17 bits per heavy atom. The van der Waals surface area contributed by atoms with Crippen LogP contribution in [0.15, 0.2) is 0 Å². The Kier molecular flexibility index (Phi) is 7.46. The summed E-state index contributed by atoms with van der Waals surface area (Å²) < 4.78 is 37.8. The van der Waals surface area contributed by atoms with Crippen LogP contribution in [-0.4, -0.2) is 50.1 Å². The van der Waals surface area contributed by atoms with Crippen LogP contribution in [0.4, 0.5) is 0 Å². The fourth-order valence-electron chi connectivity index (χ4n) is 1.32. The molecule has 0 heterocycles. The minimum atomic E-state index is -3.68. The summed E-state index contributed by atoms with van der Waals surface area (Å²) in [7, 11) is -0.757. The molecule has 9 heteroatoms. The predicted octanol–water partition coefficient (Wildman–Crippen LogP) is 1.80. The summed E-state index contributed by atoms with van der Waals surface area (Å²) >= 11 is 5.35. The first-order valence-electron chi connectivity index (χ1n) is 5.75. The van der Waals surface area contributed by atoms with Gasteiger partial charge in [-0.3, -0.25) is 0 Å². The van der Waals surface area contributed by atoms with Crippen LogP contribution in [0.1, 0.15) is 27.7 Å². The van der Waals surface area contributed by atoms with Crippen LogP contribution < -0.4 is 0 Å². The lowest BCUT2D eigenvalue weighted by Gasteiger charge is -2.36. The normalized spacial score (nSPS) is 13.8. The summed E-state index contributed by atoms with van der Waals surface area (Å²) in [5, 5.41) is 0. The first-order valence-corrected chi connectivity index (χ1v) is 9.73. The van der Waals surface area contributed by atoms with Crippen molar-refractivity contribution in [2.45, 2.75) is 33.7 Å².